The molecule has 9 nitrogen and oxygen atoms in total. The van der Waals surface area contributed by atoms with Crippen molar-refractivity contribution in [2.45, 2.75) is 37.5 Å². The second kappa shape index (κ2) is 9.68. The van der Waals surface area contributed by atoms with E-state index >= 15 is 0 Å². The average molecular weight is 474 g/mol. The first-order valence-corrected chi connectivity index (χ1v) is 10.9. The fraction of sp³-hybridized carbons (Fsp3) is 0.348. The molecule has 0 spiro atoms. The van der Waals surface area contributed by atoms with Crippen LogP contribution in [0.15, 0.2) is 42.5 Å². The molecule has 3 amide bonds. The number of para-hydroxylation sites is 1. The molecule has 2 heterocycles. The van der Waals surface area contributed by atoms with Crippen molar-refractivity contribution in [2.24, 2.45) is 0 Å². The first-order chi connectivity index (χ1) is 15.8. The van der Waals surface area contributed by atoms with E-state index in [2.05, 4.69) is 10.6 Å². The van der Waals surface area contributed by atoms with Crippen molar-refractivity contribution in [1.29, 1.82) is 0 Å². The van der Waals surface area contributed by atoms with Crippen LogP contribution in [0.3, 0.4) is 0 Å². The van der Waals surface area contributed by atoms with Crippen molar-refractivity contribution in [2.75, 3.05) is 24.3 Å². The van der Waals surface area contributed by atoms with Gasteiger partial charge in [0.15, 0.2) is 0 Å². The van der Waals surface area contributed by atoms with Crippen LogP contribution in [0.25, 0.3) is 0 Å². The number of amides is 3. The number of hydrogen-bond acceptors (Lipinski definition) is 5. The predicted octanol–water partition coefficient (Wildman–Crippen LogP) is 3.84. The van der Waals surface area contributed by atoms with Crippen molar-refractivity contribution in [3.05, 3.63) is 53.1 Å². The lowest BCUT2D eigenvalue weighted by Crippen LogP contribution is -2.53. The molecule has 3 N–H and O–H groups in total. The zero-order valence-electron chi connectivity index (χ0n) is 17.9. The fourth-order valence-electron chi connectivity index (χ4n) is 4.15. The molecule has 4 rings (SSSR count). The van der Waals surface area contributed by atoms with Crippen LogP contribution >= 0.6 is 11.6 Å². The second-order valence-electron chi connectivity index (χ2n) is 8.04. The van der Waals surface area contributed by atoms with E-state index in [1.165, 1.54) is 0 Å². The Morgan fingerprint density at radius 2 is 1.97 bits per heavy atom. The summed E-state index contributed by atoms with van der Waals surface area (Å²) >= 11 is 6.08. The van der Waals surface area contributed by atoms with Gasteiger partial charge >= 0.3 is 12.0 Å². The van der Waals surface area contributed by atoms with Crippen LogP contribution < -0.4 is 15.4 Å². The molecular formula is C23H24ClN3O6. The van der Waals surface area contributed by atoms with Crippen LogP contribution in [0.2, 0.25) is 5.02 Å². The summed E-state index contributed by atoms with van der Waals surface area (Å²) in [6.45, 7) is 0.186. The maximum absolute atomic E-state index is 13.2. The van der Waals surface area contributed by atoms with Crippen molar-refractivity contribution in [3.8, 4) is 5.75 Å². The van der Waals surface area contributed by atoms with Gasteiger partial charge in [-0.25, -0.2) is 4.79 Å². The van der Waals surface area contributed by atoms with Gasteiger partial charge < -0.3 is 30.1 Å². The van der Waals surface area contributed by atoms with Gasteiger partial charge in [-0.1, -0.05) is 23.7 Å². The lowest BCUT2D eigenvalue weighted by Gasteiger charge is -2.42. The number of carbonyl (C=O) groups is 3. The predicted molar refractivity (Wildman–Crippen MR) is 122 cm³/mol. The lowest BCUT2D eigenvalue weighted by molar-refractivity contribution is -0.148. The molecule has 3 atom stereocenters. The first kappa shape index (κ1) is 22.9. The second-order valence-corrected chi connectivity index (χ2v) is 8.44. The number of hydrogen-bond donors (Lipinski definition) is 3. The van der Waals surface area contributed by atoms with Crippen LogP contribution in [-0.4, -0.2) is 59.8 Å². The fourth-order valence-corrected chi connectivity index (χ4v) is 4.33. The molecule has 1 saturated heterocycles. The van der Waals surface area contributed by atoms with Crippen molar-refractivity contribution in [3.63, 3.8) is 0 Å². The average Bonchev–Trinajstić information content (AvgIpc) is 2.78. The maximum atomic E-state index is 13.2. The standard InChI is InChI=1S/C23H24ClN3O6/c1-27-18-8-7-14(11-21(28)29)33-20(18)12-32-19-9-6-13(10-15(19)22(27)30)25-23(31)26-17-5-3-2-4-16(17)24/h2-6,9-10,14,18,20H,7-8,11-12H2,1H3,(H,28,29)(H2,25,26,31)/t14-,18+,20+/m0/s1. The summed E-state index contributed by atoms with van der Waals surface area (Å²) in [4.78, 5) is 38.3. The summed E-state index contributed by atoms with van der Waals surface area (Å²) in [5.74, 6) is -0.819. The molecule has 0 aromatic heterocycles. The summed E-state index contributed by atoms with van der Waals surface area (Å²) in [5.41, 5.74) is 1.20. The Bertz CT molecular complexity index is 1080. The van der Waals surface area contributed by atoms with E-state index in [1.807, 2.05) is 0 Å². The summed E-state index contributed by atoms with van der Waals surface area (Å²) in [6, 6.07) is 10.9. The van der Waals surface area contributed by atoms with Gasteiger partial charge in [-0.3, -0.25) is 9.59 Å². The van der Waals surface area contributed by atoms with Crippen LogP contribution in [0.4, 0.5) is 16.2 Å². The molecule has 2 aliphatic rings. The van der Waals surface area contributed by atoms with Crippen LogP contribution in [-0.2, 0) is 9.53 Å². The number of nitrogens with one attached hydrogen (secondary N) is 2. The highest BCUT2D eigenvalue weighted by Crippen LogP contribution is 2.32. The van der Waals surface area contributed by atoms with Gasteiger partial charge in [-0.05, 0) is 43.2 Å². The maximum Gasteiger partial charge on any atom is 0.323 e. The molecule has 2 aromatic carbocycles. The molecule has 10 heteroatoms. The molecule has 0 saturated carbocycles. The molecular weight excluding hydrogens is 450 g/mol. The monoisotopic (exact) mass is 473 g/mol. The minimum atomic E-state index is -0.918. The summed E-state index contributed by atoms with van der Waals surface area (Å²) in [6.07, 6.45) is 0.244. The summed E-state index contributed by atoms with van der Waals surface area (Å²) in [5, 5.41) is 14.8. The number of carboxylic acid groups (broad SMARTS) is 1. The number of aliphatic carboxylic acids is 1. The Hall–Kier alpha value is -3.30. The smallest absolute Gasteiger partial charge is 0.323 e. The normalized spacial score (nSPS) is 22.2. The third-order valence-corrected chi connectivity index (χ3v) is 6.12. The minimum absolute atomic E-state index is 0.0806. The Balaban J connectivity index is 1.49. The van der Waals surface area contributed by atoms with Crippen LogP contribution in [0.5, 0.6) is 5.75 Å². The van der Waals surface area contributed by atoms with E-state index in [0.29, 0.717) is 40.6 Å². The number of carboxylic acids is 1. The van der Waals surface area contributed by atoms with Crippen molar-refractivity contribution >= 4 is 40.9 Å². The number of benzene rings is 2. The Morgan fingerprint density at radius 1 is 1.18 bits per heavy atom. The molecule has 0 unspecified atom stereocenters. The van der Waals surface area contributed by atoms with Gasteiger partial charge in [0.1, 0.15) is 18.5 Å². The summed E-state index contributed by atoms with van der Waals surface area (Å²) in [7, 11) is 1.69. The van der Waals surface area contributed by atoms with E-state index < -0.39 is 24.2 Å². The molecule has 2 aromatic rings. The zero-order valence-corrected chi connectivity index (χ0v) is 18.7. The number of fused-ring (bicyclic) bond motifs is 2. The Morgan fingerprint density at radius 3 is 2.73 bits per heavy atom. The molecule has 0 bridgehead atoms. The highest BCUT2D eigenvalue weighted by atomic mass is 35.5. The topological polar surface area (TPSA) is 117 Å². The number of carbonyl (C=O) groups excluding carboxylic acids is 2. The molecule has 0 aliphatic carbocycles. The molecule has 33 heavy (non-hydrogen) atoms. The van der Waals surface area contributed by atoms with Crippen molar-refractivity contribution < 1.29 is 29.0 Å². The number of likely N-dealkylation sites (N-methyl/N-ethyl adjacent to an activating group) is 1. The van der Waals surface area contributed by atoms with Gasteiger partial charge in [-0.2, -0.15) is 0 Å². The van der Waals surface area contributed by atoms with Crippen LogP contribution in [0.1, 0.15) is 29.6 Å². The van der Waals surface area contributed by atoms with Gasteiger partial charge in [0.25, 0.3) is 5.91 Å². The van der Waals surface area contributed by atoms with Crippen molar-refractivity contribution in [1.82, 2.24) is 4.90 Å². The quantitative estimate of drug-likeness (QED) is 0.621. The molecule has 2 aliphatic heterocycles. The van der Waals surface area contributed by atoms with E-state index in [4.69, 9.17) is 26.2 Å². The third-order valence-electron chi connectivity index (χ3n) is 5.79. The van der Waals surface area contributed by atoms with E-state index in [9.17, 15) is 14.4 Å². The van der Waals surface area contributed by atoms with Gasteiger partial charge in [0, 0.05) is 12.7 Å². The molecule has 1 fully saturated rings. The highest BCUT2D eigenvalue weighted by molar-refractivity contribution is 6.33. The SMILES string of the molecule is CN1C(=O)c2cc(NC(=O)Nc3ccccc3Cl)ccc2OC[C@H]2O[C@H](CC(=O)O)CC[C@H]21. The number of halogens is 1. The molecule has 0 radical (unpaired) electrons. The van der Waals surface area contributed by atoms with Crippen LogP contribution in [0, 0.1) is 0 Å². The first-order valence-electron chi connectivity index (χ1n) is 10.6. The van der Waals surface area contributed by atoms with E-state index in [0.717, 1.165) is 0 Å². The van der Waals surface area contributed by atoms with Gasteiger partial charge in [0.05, 0.1) is 34.8 Å². The minimum Gasteiger partial charge on any atom is -0.490 e. The lowest BCUT2D eigenvalue weighted by atomic mass is 9.94. The summed E-state index contributed by atoms with van der Waals surface area (Å²) < 4.78 is 11.8. The van der Waals surface area contributed by atoms with Gasteiger partial charge in [-0.15, -0.1) is 0 Å². The highest BCUT2D eigenvalue weighted by Gasteiger charge is 2.39. The number of urea groups is 1. The number of ether oxygens (including phenoxy) is 2. The number of nitrogens with zero attached hydrogens (tertiary/aromatic N) is 1. The third kappa shape index (κ3) is 5.20. The van der Waals surface area contributed by atoms with E-state index in [-0.39, 0.29) is 25.0 Å². The zero-order chi connectivity index (χ0) is 23.5. The number of rotatable bonds is 4. The molecule has 174 valence electrons. The number of anilines is 2. The Labute approximate surface area is 195 Å². The van der Waals surface area contributed by atoms with E-state index in [1.54, 1.807) is 54.4 Å². The van der Waals surface area contributed by atoms with Gasteiger partial charge in [0.2, 0.25) is 0 Å². The largest absolute Gasteiger partial charge is 0.490 e. The Kier molecular flexibility index (Phi) is 6.71.